The van der Waals surface area contributed by atoms with Crippen LogP contribution >= 0.6 is 0 Å². The highest BCUT2D eigenvalue weighted by atomic mass is 16.5. The maximum atomic E-state index is 10.6. The number of nitrogens with zero attached hydrogens (tertiary/aromatic N) is 1. The van der Waals surface area contributed by atoms with E-state index in [4.69, 9.17) is 19.1 Å². The van der Waals surface area contributed by atoms with Crippen molar-refractivity contribution in [2.24, 2.45) is 0 Å². The summed E-state index contributed by atoms with van der Waals surface area (Å²) < 4.78 is 15.8. The Labute approximate surface area is 115 Å². The number of ether oxygens (including phenoxy) is 2. The molecule has 1 heterocycles. The van der Waals surface area contributed by atoms with E-state index in [9.17, 15) is 4.79 Å². The minimum absolute atomic E-state index is 0.120. The van der Waals surface area contributed by atoms with Crippen LogP contribution in [0.2, 0.25) is 0 Å². The Morgan fingerprint density at radius 2 is 1.90 bits per heavy atom. The monoisotopic (exact) mass is 277 g/mol. The molecule has 0 unspecified atom stereocenters. The number of hydrogen-bond donors (Lipinski definition) is 1. The molecule has 0 aliphatic heterocycles. The van der Waals surface area contributed by atoms with Gasteiger partial charge >= 0.3 is 5.97 Å². The molecule has 1 N–H and O–H groups in total. The zero-order chi connectivity index (χ0) is 14.4. The molecule has 0 atom stereocenters. The van der Waals surface area contributed by atoms with E-state index >= 15 is 0 Å². The molecule has 6 heteroatoms. The van der Waals surface area contributed by atoms with E-state index in [0.717, 1.165) is 12.2 Å². The molecule has 2 aromatic rings. The van der Waals surface area contributed by atoms with Crippen molar-refractivity contribution < 1.29 is 23.9 Å². The summed E-state index contributed by atoms with van der Waals surface area (Å²) in [6, 6.07) is 8.52. The van der Waals surface area contributed by atoms with Crippen LogP contribution in [0, 0.1) is 0 Å². The van der Waals surface area contributed by atoms with Gasteiger partial charge in [0.15, 0.2) is 11.5 Å². The maximum absolute atomic E-state index is 10.6. The lowest BCUT2D eigenvalue weighted by Gasteiger charge is -2.06. The smallest absolute Gasteiger partial charge is 0.358 e. The highest BCUT2D eigenvalue weighted by molar-refractivity contribution is 5.85. The van der Waals surface area contributed by atoms with Crippen molar-refractivity contribution in [3.63, 3.8) is 0 Å². The van der Waals surface area contributed by atoms with Crippen LogP contribution < -0.4 is 9.47 Å². The van der Waals surface area contributed by atoms with Crippen LogP contribution in [0.4, 0.5) is 0 Å². The van der Waals surface area contributed by atoms with Crippen molar-refractivity contribution in [3.05, 3.63) is 41.8 Å². The molecule has 0 spiro atoms. The molecule has 1 aromatic heterocycles. The van der Waals surface area contributed by atoms with E-state index < -0.39 is 5.97 Å². The zero-order valence-corrected chi connectivity index (χ0v) is 11.0. The van der Waals surface area contributed by atoms with Gasteiger partial charge in [-0.1, -0.05) is 12.1 Å². The number of carbonyl (C=O) groups is 1. The molecule has 106 valence electrons. The molecule has 20 heavy (non-hydrogen) atoms. The maximum Gasteiger partial charge on any atom is 0.358 e. The third kappa shape index (κ3) is 3.74. The summed E-state index contributed by atoms with van der Waals surface area (Å²) in [6.07, 6.45) is 0.954. The molecule has 0 saturated carbocycles. The first kappa shape index (κ1) is 13.9. The quantitative estimate of drug-likeness (QED) is 0.838. The van der Waals surface area contributed by atoms with Gasteiger partial charge in [0, 0.05) is 6.07 Å². The first-order chi connectivity index (χ1) is 9.69. The Kier molecular flexibility index (Phi) is 4.60. The second kappa shape index (κ2) is 6.60. The van der Waals surface area contributed by atoms with Crippen molar-refractivity contribution in [2.45, 2.75) is 20.0 Å². The number of benzene rings is 1. The van der Waals surface area contributed by atoms with E-state index in [1.54, 1.807) is 12.1 Å². The molecule has 0 radical (unpaired) electrons. The fourth-order valence-corrected chi connectivity index (χ4v) is 1.49. The highest BCUT2D eigenvalue weighted by Crippen LogP contribution is 2.19. The minimum Gasteiger partial charge on any atom is -0.494 e. The number of carboxylic acid groups (broad SMARTS) is 1. The minimum atomic E-state index is -1.13. The van der Waals surface area contributed by atoms with Crippen molar-refractivity contribution >= 4 is 5.97 Å². The first-order valence-corrected chi connectivity index (χ1v) is 6.23. The normalized spacial score (nSPS) is 10.2. The lowest BCUT2D eigenvalue weighted by atomic mass is 10.3. The van der Waals surface area contributed by atoms with Gasteiger partial charge in [-0.3, -0.25) is 0 Å². The van der Waals surface area contributed by atoms with Crippen LogP contribution in [0.25, 0.3) is 0 Å². The van der Waals surface area contributed by atoms with Crippen molar-refractivity contribution in [1.82, 2.24) is 5.16 Å². The van der Waals surface area contributed by atoms with E-state index in [2.05, 4.69) is 5.16 Å². The molecule has 1 aromatic carbocycles. The summed E-state index contributed by atoms with van der Waals surface area (Å²) >= 11 is 0. The third-order valence-electron chi connectivity index (χ3n) is 2.46. The van der Waals surface area contributed by atoms with Gasteiger partial charge in [0.1, 0.15) is 18.1 Å². The molecular formula is C14H15NO5. The summed E-state index contributed by atoms with van der Waals surface area (Å²) in [5.41, 5.74) is -0.132. The van der Waals surface area contributed by atoms with E-state index in [0.29, 0.717) is 18.1 Å². The van der Waals surface area contributed by atoms with E-state index in [-0.39, 0.29) is 12.3 Å². The molecule has 0 aliphatic rings. The summed E-state index contributed by atoms with van der Waals surface area (Å²) in [6.45, 7) is 2.84. The van der Waals surface area contributed by atoms with Gasteiger partial charge in [-0.25, -0.2) is 4.79 Å². The van der Waals surface area contributed by atoms with Gasteiger partial charge in [0.2, 0.25) is 0 Å². The summed E-state index contributed by atoms with van der Waals surface area (Å²) in [4.78, 5) is 10.6. The summed E-state index contributed by atoms with van der Waals surface area (Å²) in [5, 5.41) is 12.1. The third-order valence-corrected chi connectivity index (χ3v) is 2.46. The number of carboxylic acids is 1. The Balaban J connectivity index is 1.88. The fourth-order valence-electron chi connectivity index (χ4n) is 1.49. The SMILES string of the molecule is CCCOc1ccc(OCc2cc(C(=O)O)no2)cc1. The summed E-state index contributed by atoms with van der Waals surface area (Å²) in [5.74, 6) is 0.653. The molecule has 6 nitrogen and oxygen atoms in total. The van der Waals surface area contributed by atoms with Crippen molar-refractivity contribution in [1.29, 1.82) is 0 Å². The average Bonchev–Trinajstić information content (AvgIpc) is 2.93. The van der Waals surface area contributed by atoms with E-state index in [1.165, 1.54) is 6.07 Å². The second-order valence-corrected chi connectivity index (χ2v) is 4.09. The van der Waals surface area contributed by atoms with Gasteiger partial charge in [-0.15, -0.1) is 0 Å². The average molecular weight is 277 g/mol. The molecule has 0 fully saturated rings. The number of rotatable bonds is 7. The predicted octanol–water partition coefficient (Wildman–Crippen LogP) is 2.74. The summed E-state index contributed by atoms with van der Waals surface area (Å²) in [7, 11) is 0. The topological polar surface area (TPSA) is 81.8 Å². The Bertz CT molecular complexity index is 561. The van der Waals surface area contributed by atoms with Gasteiger partial charge in [-0.2, -0.15) is 0 Å². The Morgan fingerprint density at radius 1 is 1.25 bits per heavy atom. The number of aromatic carboxylic acids is 1. The van der Waals surface area contributed by atoms with Gasteiger partial charge in [-0.05, 0) is 30.7 Å². The van der Waals surface area contributed by atoms with Crippen LogP contribution in [0.15, 0.2) is 34.9 Å². The van der Waals surface area contributed by atoms with Crippen LogP contribution in [0.5, 0.6) is 11.5 Å². The van der Waals surface area contributed by atoms with Crippen LogP contribution in [0.1, 0.15) is 29.6 Å². The number of aromatic nitrogens is 1. The van der Waals surface area contributed by atoms with Gasteiger partial charge in [0.25, 0.3) is 0 Å². The van der Waals surface area contributed by atoms with Gasteiger partial charge in [0.05, 0.1) is 6.61 Å². The lowest BCUT2D eigenvalue weighted by molar-refractivity contribution is 0.0685. The molecule has 0 bridgehead atoms. The molecule has 0 aliphatic carbocycles. The van der Waals surface area contributed by atoms with E-state index in [1.807, 2.05) is 19.1 Å². The van der Waals surface area contributed by atoms with Crippen molar-refractivity contribution in [2.75, 3.05) is 6.61 Å². The molecular weight excluding hydrogens is 262 g/mol. The van der Waals surface area contributed by atoms with Gasteiger partial charge < -0.3 is 19.1 Å². The highest BCUT2D eigenvalue weighted by Gasteiger charge is 2.10. The molecule has 0 saturated heterocycles. The number of hydrogen-bond acceptors (Lipinski definition) is 5. The Hall–Kier alpha value is -2.50. The molecule has 0 amide bonds. The second-order valence-electron chi connectivity index (χ2n) is 4.09. The lowest BCUT2D eigenvalue weighted by Crippen LogP contribution is -1.97. The largest absolute Gasteiger partial charge is 0.494 e. The van der Waals surface area contributed by atoms with Crippen LogP contribution in [-0.2, 0) is 6.61 Å². The Morgan fingerprint density at radius 3 is 2.45 bits per heavy atom. The van der Waals surface area contributed by atoms with Crippen LogP contribution in [-0.4, -0.2) is 22.8 Å². The zero-order valence-electron chi connectivity index (χ0n) is 11.0. The molecule has 2 rings (SSSR count). The van der Waals surface area contributed by atoms with Crippen LogP contribution in [0.3, 0.4) is 0 Å². The fraction of sp³-hybridized carbons (Fsp3) is 0.286. The first-order valence-electron chi connectivity index (χ1n) is 6.23. The predicted molar refractivity (Wildman–Crippen MR) is 70.0 cm³/mol. The van der Waals surface area contributed by atoms with Crippen molar-refractivity contribution in [3.8, 4) is 11.5 Å². The standard InChI is InChI=1S/C14H15NO5/c1-2-7-18-10-3-5-11(6-4-10)19-9-12-8-13(14(16)17)15-20-12/h3-6,8H,2,7,9H2,1H3,(H,16,17).